The van der Waals surface area contributed by atoms with Crippen LogP contribution in [-0.2, 0) is 16.1 Å². The van der Waals surface area contributed by atoms with Crippen LogP contribution in [0.2, 0.25) is 0 Å². The van der Waals surface area contributed by atoms with Crippen LogP contribution in [0.1, 0.15) is 12.2 Å². The van der Waals surface area contributed by atoms with Crippen LogP contribution >= 0.6 is 0 Å². The number of carboxylic acids is 1. The van der Waals surface area contributed by atoms with Gasteiger partial charge >= 0.3 is 5.97 Å². The summed E-state index contributed by atoms with van der Waals surface area (Å²) in [6, 6.07) is 1.64. The van der Waals surface area contributed by atoms with Crippen molar-refractivity contribution in [3.8, 4) is 0 Å². The number of aromatic nitrogens is 1. The van der Waals surface area contributed by atoms with Crippen molar-refractivity contribution < 1.29 is 19.2 Å². The van der Waals surface area contributed by atoms with Crippen molar-refractivity contribution in [1.82, 2.24) is 10.5 Å². The summed E-state index contributed by atoms with van der Waals surface area (Å²) in [5.41, 5.74) is 0. The highest BCUT2D eigenvalue weighted by atomic mass is 16.5. The van der Waals surface area contributed by atoms with Gasteiger partial charge in [0.05, 0.1) is 24.6 Å². The Morgan fingerprint density at radius 1 is 1.60 bits per heavy atom. The van der Waals surface area contributed by atoms with Gasteiger partial charge in [-0.2, -0.15) is 0 Å². The molecule has 2 unspecified atom stereocenters. The van der Waals surface area contributed by atoms with Gasteiger partial charge in [0.1, 0.15) is 0 Å². The minimum atomic E-state index is -0.908. The number of amides is 1. The molecule has 2 N–H and O–H groups in total. The summed E-state index contributed by atoms with van der Waals surface area (Å²) in [5.74, 6) is -1.49. The van der Waals surface area contributed by atoms with E-state index in [-0.39, 0.29) is 18.4 Å². The summed E-state index contributed by atoms with van der Waals surface area (Å²) in [6.07, 6.45) is 1.91. The normalized spacial score (nSPS) is 23.5. The van der Waals surface area contributed by atoms with Gasteiger partial charge in [-0.05, 0) is 6.42 Å². The molecule has 0 saturated heterocycles. The second kappa shape index (κ2) is 3.72. The van der Waals surface area contributed by atoms with Crippen LogP contribution in [0.5, 0.6) is 0 Å². The highest BCUT2D eigenvalue weighted by molar-refractivity contribution is 5.89. The molecule has 80 valence electrons. The molecule has 1 aliphatic carbocycles. The summed E-state index contributed by atoms with van der Waals surface area (Å²) in [4.78, 5) is 21.9. The molecule has 1 amide bonds. The first-order chi connectivity index (χ1) is 7.18. The van der Waals surface area contributed by atoms with E-state index < -0.39 is 11.9 Å². The van der Waals surface area contributed by atoms with Crippen LogP contribution < -0.4 is 5.32 Å². The second-order valence-corrected chi connectivity index (χ2v) is 3.48. The third kappa shape index (κ3) is 2.15. The van der Waals surface area contributed by atoms with Crippen LogP contribution in [0.4, 0.5) is 0 Å². The number of hydrogen-bond donors (Lipinski definition) is 2. The summed E-state index contributed by atoms with van der Waals surface area (Å²) < 4.78 is 4.78. The van der Waals surface area contributed by atoms with Gasteiger partial charge in [-0.15, -0.1) is 0 Å². The molecule has 6 heteroatoms. The molecule has 0 spiro atoms. The number of nitrogens with zero attached hydrogens (tertiary/aromatic N) is 1. The molecule has 15 heavy (non-hydrogen) atoms. The number of rotatable bonds is 4. The Balaban J connectivity index is 1.77. The van der Waals surface area contributed by atoms with Gasteiger partial charge < -0.3 is 14.9 Å². The number of nitrogens with one attached hydrogen (secondary N) is 1. The predicted octanol–water partition coefficient (Wildman–Crippen LogP) is 0.0115. The SMILES string of the molecule is O=C(O)C1CC1C(=O)NCc1ccno1. The van der Waals surface area contributed by atoms with Crippen molar-refractivity contribution in [2.75, 3.05) is 0 Å². The van der Waals surface area contributed by atoms with Crippen LogP contribution in [0.3, 0.4) is 0 Å². The fraction of sp³-hybridized carbons (Fsp3) is 0.444. The fourth-order valence-electron chi connectivity index (χ4n) is 1.40. The van der Waals surface area contributed by atoms with Gasteiger partial charge in [0.2, 0.25) is 5.91 Å². The van der Waals surface area contributed by atoms with Crippen molar-refractivity contribution in [2.45, 2.75) is 13.0 Å². The van der Waals surface area contributed by atoms with Crippen molar-refractivity contribution in [3.63, 3.8) is 0 Å². The van der Waals surface area contributed by atoms with E-state index >= 15 is 0 Å². The smallest absolute Gasteiger partial charge is 0.307 e. The second-order valence-electron chi connectivity index (χ2n) is 3.48. The Hall–Kier alpha value is -1.85. The average molecular weight is 210 g/mol. The van der Waals surface area contributed by atoms with Gasteiger partial charge in [0.15, 0.2) is 5.76 Å². The number of carbonyl (C=O) groups excluding carboxylic acids is 1. The topological polar surface area (TPSA) is 92.4 Å². The number of carboxylic acid groups (broad SMARTS) is 1. The van der Waals surface area contributed by atoms with Gasteiger partial charge in [-0.3, -0.25) is 9.59 Å². The molecule has 0 radical (unpaired) electrons. The molecule has 1 heterocycles. The molecule has 1 saturated carbocycles. The molecule has 0 aromatic carbocycles. The highest BCUT2D eigenvalue weighted by Gasteiger charge is 2.48. The maximum absolute atomic E-state index is 11.4. The van der Waals surface area contributed by atoms with Crippen LogP contribution in [0, 0.1) is 11.8 Å². The first kappa shape index (κ1) is 9.70. The first-order valence-corrected chi connectivity index (χ1v) is 4.58. The van der Waals surface area contributed by atoms with Crippen molar-refractivity contribution >= 4 is 11.9 Å². The summed E-state index contributed by atoms with van der Waals surface area (Å²) in [6.45, 7) is 0.252. The van der Waals surface area contributed by atoms with E-state index in [0.29, 0.717) is 12.2 Å². The van der Waals surface area contributed by atoms with Crippen molar-refractivity contribution in [2.24, 2.45) is 11.8 Å². The molecule has 6 nitrogen and oxygen atoms in total. The summed E-state index contributed by atoms with van der Waals surface area (Å²) in [7, 11) is 0. The largest absolute Gasteiger partial charge is 0.481 e. The monoisotopic (exact) mass is 210 g/mol. The third-order valence-electron chi connectivity index (χ3n) is 2.37. The minimum Gasteiger partial charge on any atom is -0.481 e. The van der Waals surface area contributed by atoms with E-state index in [1.165, 1.54) is 6.20 Å². The van der Waals surface area contributed by atoms with Crippen LogP contribution in [0.25, 0.3) is 0 Å². The van der Waals surface area contributed by atoms with Crippen molar-refractivity contribution in [1.29, 1.82) is 0 Å². The third-order valence-corrected chi connectivity index (χ3v) is 2.37. The highest BCUT2D eigenvalue weighted by Crippen LogP contribution is 2.38. The Kier molecular flexibility index (Phi) is 2.40. The molecule has 1 fully saturated rings. The van der Waals surface area contributed by atoms with Gasteiger partial charge in [-0.25, -0.2) is 0 Å². The lowest BCUT2D eigenvalue weighted by molar-refractivity contribution is -0.140. The fourth-order valence-corrected chi connectivity index (χ4v) is 1.40. The molecular formula is C9H10N2O4. The van der Waals surface area contributed by atoms with E-state index in [1.54, 1.807) is 6.07 Å². The first-order valence-electron chi connectivity index (χ1n) is 4.58. The molecular weight excluding hydrogens is 200 g/mol. The lowest BCUT2D eigenvalue weighted by Crippen LogP contribution is -2.25. The zero-order valence-corrected chi connectivity index (χ0v) is 7.84. The van der Waals surface area contributed by atoms with Crippen LogP contribution in [0.15, 0.2) is 16.8 Å². The molecule has 1 aromatic rings. The van der Waals surface area contributed by atoms with E-state index in [1.807, 2.05) is 0 Å². The minimum absolute atomic E-state index is 0.237. The summed E-state index contributed by atoms with van der Waals surface area (Å²) in [5, 5.41) is 14.7. The van der Waals surface area contributed by atoms with E-state index in [4.69, 9.17) is 9.63 Å². The molecule has 0 bridgehead atoms. The number of carbonyl (C=O) groups is 2. The Morgan fingerprint density at radius 2 is 2.40 bits per heavy atom. The Morgan fingerprint density at radius 3 is 2.93 bits per heavy atom. The molecule has 2 rings (SSSR count). The van der Waals surface area contributed by atoms with Crippen molar-refractivity contribution in [3.05, 3.63) is 18.0 Å². The van der Waals surface area contributed by atoms with E-state index in [9.17, 15) is 9.59 Å². The Labute approximate surface area is 85.2 Å². The standard InChI is InChI=1S/C9H10N2O4/c12-8(6-3-7(6)9(13)14)10-4-5-1-2-11-15-5/h1-2,6-7H,3-4H2,(H,10,12)(H,13,14). The number of hydrogen-bond acceptors (Lipinski definition) is 4. The molecule has 2 atom stereocenters. The van der Waals surface area contributed by atoms with E-state index in [0.717, 1.165) is 0 Å². The van der Waals surface area contributed by atoms with Crippen LogP contribution in [-0.4, -0.2) is 22.1 Å². The summed E-state index contributed by atoms with van der Waals surface area (Å²) >= 11 is 0. The van der Waals surface area contributed by atoms with Gasteiger partial charge in [0, 0.05) is 6.07 Å². The van der Waals surface area contributed by atoms with Gasteiger partial charge in [-0.1, -0.05) is 5.16 Å². The lowest BCUT2D eigenvalue weighted by Gasteiger charge is -2.00. The zero-order chi connectivity index (χ0) is 10.8. The van der Waals surface area contributed by atoms with Gasteiger partial charge in [0.25, 0.3) is 0 Å². The molecule has 1 aliphatic rings. The number of aliphatic carboxylic acids is 1. The Bertz CT molecular complexity index is 373. The lowest BCUT2D eigenvalue weighted by atomic mass is 10.3. The maximum Gasteiger partial charge on any atom is 0.307 e. The maximum atomic E-state index is 11.4. The quantitative estimate of drug-likeness (QED) is 0.730. The molecule has 1 aromatic heterocycles. The van der Waals surface area contributed by atoms with E-state index in [2.05, 4.69) is 10.5 Å². The molecule has 0 aliphatic heterocycles. The average Bonchev–Trinajstić information content (AvgIpc) is 2.85. The zero-order valence-electron chi connectivity index (χ0n) is 7.84. The predicted molar refractivity (Wildman–Crippen MR) is 47.6 cm³/mol.